The van der Waals surface area contributed by atoms with E-state index in [0.717, 1.165) is 31.7 Å². The quantitative estimate of drug-likeness (QED) is 0.452. The summed E-state index contributed by atoms with van der Waals surface area (Å²) in [6.07, 6.45) is 11.8. The first-order chi connectivity index (χ1) is 17.1. The van der Waals surface area contributed by atoms with E-state index in [1.165, 1.54) is 49.7 Å². The molecule has 0 aromatic heterocycles. The van der Waals surface area contributed by atoms with Crippen LogP contribution in [0.5, 0.6) is 5.75 Å². The predicted molar refractivity (Wildman–Crippen MR) is 141 cm³/mol. The fourth-order valence-corrected chi connectivity index (χ4v) is 7.07. The molecule has 2 aromatic carbocycles. The van der Waals surface area contributed by atoms with Gasteiger partial charge in [-0.25, -0.2) is 0 Å². The Hall–Kier alpha value is -2.33. The van der Waals surface area contributed by atoms with Crippen molar-refractivity contribution in [3.8, 4) is 5.75 Å². The van der Waals surface area contributed by atoms with E-state index >= 15 is 0 Å². The Morgan fingerprint density at radius 2 is 1.71 bits per heavy atom. The van der Waals surface area contributed by atoms with Crippen LogP contribution in [0.15, 0.2) is 54.6 Å². The number of piperidine rings is 1. The number of rotatable bonds is 9. The van der Waals surface area contributed by atoms with Gasteiger partial charge in [0.1, 0.15) is 5.75 Å². The number of carbonyl (C=O) groups excluding carboxylic acids is 1. The number of phenolic OH excluding ortho intramolecular Hbond substituents is 1. The third kappa shape index (κ3) is 5.91. The summed E-state index contributed by atoms with van der Waals surface area (Å²) >= 11 is 0. The Bertz CT molecular complexity index is 957. The van der Waals surface area contributed by atoms with Gasteiger partial charge in [0.25, 0.3) is 0 Å². The monoisotopic (exact) mass is 474 g/mol. The summed E-state index contributed by atoms with van der Waals surface area (Å²) in [6.45, 7) is 3.93. The number of carbonyl (C=O) groups is 1. The van der Waals surface area contributed by atoms with Crippen LogP contribution in [-0.4, -0.2) is 45.5 Å². The van der Waals surface area contributed by atoms with Crippen molar-refractivity contribution in [2.75, 3.05) is 6.54 Å². The highest BCUT2D eigenvalue weighted by atomic mass is 16.3. The third-order valence-corrected chi connectivity index (χ3v) is 8.99. The van der Waals surface area contributed by atoms with E-state index in [-0.39, 0.29) is 6.04 Å². The second-order valence-electron chi connectivity index (χ2n) is 11.4. The van der Waals surface area contributed by atoms with Crippen LogP contribution in [0.1, 0.15) is 88.2 Å². The van der Waals surface area contributed by atoms with Gasteiger partial charge in [0.15, 0.2) is 0 Å². The lowest BCUT2D eigenvalue weighted by molar-refractivity contribution is -0.135. The van der Waals surface area contributed by atoms with E-state index in [4.69, 9.17) is 0 Å². The summed E-state index contributed by atoms with van der Waals surface area (Å²) in [4.78, 5) is 18.4. The van der Waals surface area contributed by atoms with Gasteiger partial charge in [-0.15, -0.1) is 0 Å². The van der Waals surface area contributed by atoms with Crippen molar-refractivity contribution in [3.05, 3.63) is 65.7 Å². The van der Waals surface area contributed by atoms with Gasteiger partial charge in [-0.05, 0) is 74.1 Å². The molecule has 1 N–H and O–H groups in total. The zero-order chi connectivity index (χ0) is 24.2. The van der Waals surface area contributed by atoms with Crippen LogP contribution in [-0.2, 0) is 11.3 Å². The number of hydrogen-bond acceptors (Lipinski definition) is 3. The van der Waals surface area contributed by atoms with Crippen LogP contribution < -0.4 is 0 Å². The first-order valence-corrected chi connectivity index (χ1v) is 13.9. The Morgan fingerprint density at radius 1 is 1.00 bits per heavy atom. The van der Waals surface area contributed by atoms with E-state index in [0.29, 0.717) is 42.6 Å². The van der Waals surface area contributed by atoms with Crippen molar-refractivity contribution in [1.82, 2.24) is 9.80 Å². The SMILES string of the molecule is C[C@H](CN1[C@@H]2CC[C@H]1C[C@@H](c1cccc(O)c1)C2)N(Cc1ccccc1)C(=O)CCC1CCCC1. The van der Waals surface area contributed by atoms with E-state index in [1.54, 1.807) is 6.07 Å². The molecule has 3 aliphatic rings. The minimum absolute atomic E-state index is 0.201. The fraction of sp³-hybridized carbons (Fsp3) is 0.581. The van der Waals surface area contributed by atoms with Gasteiger partial charge in [-0.3, -0.25) is 9.69 Å². The number of benzene rings is 2. The summed E-state index contributed by atoms with van der Waals surface area (Å²) in [6, 6.07) is 19.7. The zero-order valence-corrected chi connectivity index (χ0v) is 21.3. The molecule has 188 valence electrons. The molecule has 1 amide bonds. The van der Waals surface area contributed by atoms with Crippen molar-refractivity contribution in [2.24, 2.45) is 5.92 Å². The Morgan fingerprint density at radius 3 is 2.40 bits per heavy atom. The van der Waals surface area contributed by atoms with Crippen molar-refractivity contribution >= 4 is 5.91 Å². The maximum Gasteiger partial charge on any atom is 0.223 e. The lowest BCUT2D eigenvalue weighted by Gasteiger charge is -2.42. The van der Waals surface area contributed by atoms with Crippen LogP contribution in [0.2, 0.25) is 0 Å². The molecule has 2 saturated heterocycles. The molecule has 35 heavy (non-hydrogen) atoms. The number of amides is 1. The van der Waals surface area contributed by atoms with E-state index in [9.17, 15) is 9.90 Å². The van der Waals surface area contributed by atoms with Crippen molar-refractivity contribution in [1.29, 1.82) is 0 Å². The van der Waals surface area contributed by atoms with Crippen molar-refractivity contribution in [2.45, 2.75) is 102 Å². The molecule has 4 atom stereocenters. The second-order valence-corrected chi connectivity index (χ2v) is 11.4. The molecular formula is C31H42N2O2. The van der Waals surface area contributed by atoms with Gasteiger partial charge in [-0.1, -0.05) is 68.1 Å². The van der Waals surface area contributed by atoms with E-state index in [2.05, 4.69) is 47.1 Å². The van der Waals surface area contributed by atoms with Gasteiger partial charge in [0, 0.05) is 37.6 Å². The molecule has 2 bridgehead atoms. The average molecular weight is 475 g/mol. The van der Waals surface area contributed by atoms with Gasteiger partial charge in [0.2, 0.25) is 5.91 Å². The molecule has 3 fully saturated rings. The minimum Gasteiger partial charge on any atom is -0.508 e. The summed E-state index contributed by atoms with van der Waals surface area (Å²) in [7, 11) is 0. The maximum atomic E-state index is 13.5. The van der Waals surface area contributed by atoms with Gasteiger partial charge in [0.05, 0.1) is 0 Å². The maximum absolute atomic E-state index is 13.5. The van der Waals surface area contributed by atoms with E-state index in [1.807, 2.05) is 18.2 Å². The number of phenols is 1. The second kappa shape index (κ2) is 11.2. The molecule has 0 radical (unpaired) electrons. The summed E-state index contributed by atoms with van der Waals surface area (Å²) in [5.41, 5.74) is 2.50. The first-order valence-electron chi connectivity index (χ1n) is 13.9. The van der Waals surface area contributed by atoms with Crippen LogP contribution in [0.4, 0.5) is 0 Å². The lowest BCUT2D eigenvalue weighted by atomic mass is 9.85. The Kier molecular flexibility index (Phi) is 7.77. The van der Waals surface area contributed by atoms with Crippen LogP contribution >= 0.6 is 0 Å². The highest BCUT2D eigenvalue weighted by Crippen LogP contribution is 2.43. The summed E-state index contributed by atoms with van der Waals surface area (Å²) in [5.74, 6) is 1.98. The predicted octanol–water partition coefficient (Wildman–Crippen LogP) is 6.49. The molecule has 4 heteroatoms. The molecule has 1 saturated carbocycles. The Labute approximate surface area is 211 Å². The van der Waals surface area contributed by atoms with Crippen LogP contribution in [0, 0.1) is 5.92 Å². The van der Waals surface area contributed by atoms with Gasteiger partial charge >= 0.3 is 0 Å². The normalized spacial score (nSPS) is 25.6. The lowest BCUT2D eigenvalue weighted by Crippen LogP contribution is -2.50. The number of aromatic hydroxyl groups is 1. The highest BCUT2D eigenvalue weighted by molar-refractivity contribution is 5.76. The standard InChI is InChI=1S/C31H42N2O2/c1-23(21-33-28-15-16-29(33)19-27(18-28)26-12-7-13-30(34)20-26)32(22-25-10-3-2-4-11-25)31(35)17-14-24-8-5-6-9-24/h2-4,7,10-13,20,23-24,27-29,34H,5-6,8-9,14-19,21-22H2,1H3/t23-,27-,28+,29-/m1/s1. The summed E-state index contributed by atoms with van der Waals surface area (Å²) < 4.78 is 0. The molecule has 0 unspecified atom stereocenters. The largest absolute Gasteiger partial charge is 0.508 e. The average Bonchev–Trinajstić information content (AvgIpc) is 3.46. The third-order valence-electron chi connectivity index (χ3n) is 8.99. The molecule has 2 heterocycles. The molecule has 2 aromatic rings. The molecule has 1 aliphatic carbocycles. The van der Waals surface area contributed by atoms with Crippen molar-refractivity contribution in [3.63, 3.8) is 0 Å². The van der Waals surface area contributed by atoms with Gasteiger partial charge < -0.3 is 10.0 Å². The van der Waals surface area contributed by atoms with Gasteiger partial charge in [-0.2, -0.15) is 0 Å². The number of fused-ring (bicyclic) bond motifs is 2. The zero-order valence-electron chi connectivity index (χ0n) is 21.3. The van der Waals surface area contributed by atoms with Crippen molar-refractivity contribution < 1.29 is 9.90 Å². The smallest absolute Gasteiger partial charge is 0.223 e. The number of nitrogens with zero attached hydrogens (tertiary/aromatic N) is 2. The fourth-order valence-electron chi connectivity index (χ4n) is 7.07. The molecule has 2 aliphatic heterocycles. The van der Waals surface area contributed by atoms with Crippen LogP contribution in [0.25, 0.3) is 0 Å². The number of hydrogen-bond donors (Lipinski definition) is 1. The van der Waals surface area contributed by atoms with Crippen LogP contribution in [0.3, 0.4) is 0 Å². The molecular weight excluding hydrogens is 432 g/mol. The molecule has 4 nitrogen and oxygen atoms in total. The van der Waals surface area contributed by atoms with E-state index < -0.39 is 0 Å². The first kappa shape index (κ1) is 24.4. The Balaban J connectivity index is 1.25. The molecule has 5 rings (SSSR count). The topological polar surface area (TPSA) is 43.8 Å². The summed E-state index contributed by atoms with van der Waals surface area (Å²) in [5, 5.41) is 9.96. The highest BCUT2D eigenvalue weighted by Gasteiger charge is 2.42. The molecule has 0 spiro atoms. The minimum atomic E-state index is 0.201.